The van der Waals surface area contributed by atoms with Gasteiger partial charge in [-0.05, 0) is 50.8 Å². The average molecular weight is 601 g/mol. The lowest BCUT2D eigenvalue weighted by Crippen LogP contribution is -2.35. The maximum atomic E-state index is 11.8. The zero-order chi connectivity index (χ0) is 28.1. The van der Waals surface area contributed by atoms with E-state index < -0.39 is 15.8 Å². The Morgan fingerprint density at radius 3 is 2.62 bits per heavy atom. The molecule has 0 bridgehead atoms. The lowest BCUT2D eigenvalue weighted by Gasteiger charge is -2.25. The van der Waals surface area contributed by atoms with Crippen molar-refractivity contribution in [3.05, 3.63) is 52.3 Å². The summed E-state index contributed by atoms with van der Waals surface area (Å²) in [6.45, 7) is 6.64. The van der Waals surface area contributed by atoms with Crippen LogP contribution >= 0.6 is 22.7 Å². The summed E-state index contributed by atoms with van der Waals surface area (Å²) in [6, 6.07) is 12.0. The molecule has 1 aliphatic heterocycles. The van der Waals surface area contributed by atoms with Crippen molar-refractivity contribution in [1.29, 1.82) is 0 Å². The van der Waals surface area contributed by atoms with Gasteiger partial charge in [0.15, 0.2) is 5.79 Å². The molecule has 0 spiro atoms. The van der Waals surface area contributed by atoms with Gasteiger partial charge in [0, 0.05) is 17.3 Å². The highest BCUT2D eigenvalue weighted by Gasteiger charge is 2.54. The van der Waals surface area contributed by atoms with Gasteiger partial charge in [-0.2, -0.15) is 4.98 Å². The van der Waals surface area contributed by atoms with Crippen molar-refractivity contribution in [1.82, 2.24) is 19.7 Å². The second-order valence-corrected chi connectivity index (χ2v) is 14.6. The molecule has 2 fully saturated rings. The number of aromatic nitrogens is 3. The number of thiophene rings is 1. The number of ether oxygens (including phenoxy) is 2. The highest BCUT2D eigenvalue weighted by Crippen LogP contribution is 2.44. The van der Waals surface area contributed by atoms with Crippen LogP contribution in [-0.4, -0.2) is 60.2 Å². The summed E-state index contributed by atoms with van der Waals surface area (Å²) in [5.74, 6) is 0.342. The van der Waals surface area contributed by atoms with E-state index in [4.69, 9.17) is 24.4 Å². The van der Waals surface area contributed by atoms with Crippen LogP contribution < -0.4 is 15.4 Å². The number of benzene rings is 1. The van der Waals surface area contributed by atoms with Gasteiger partial charge in [-0.3, -0.25) is 0 Å². The number of anilines is 2. The van der Waals surface area contributed by atoms with Crippen molar-refractivity contribution in [2.75, 3.05) is 23.4 Å². The predicted octanol–water partition coefficient (Wildman–Crippen LogP) is 4.61. The molecule has 13 heteroatoms. The lowest BCUT2D eigenvalue weighted by molar-refractivity contribution is -0.156. The molecular weight excluding hydrogens is 569 g/mol. The van der Waals surface area contributed by atoms with Crippen LogP contribution in [0.1, 0.15) is 30.8 Å². The molecule has 1 aromatic carbocycles. The first-order valence-corrected chi connectivity index (χ1v) is 16.7. The zero-order valence-corrected chi connectivity index (χ0v) is 25.1. The Kier molecular flexibility index (Phi) is 7.30. The molecule has 4 heterocycles. The van der Waals surface area contributed by atoms with Crippen LogP contribution in [0.15, 0.2) is 41.8 Å². The van der Waals surface area contributed by atoms with Crippen molar-refractivity contribution in [3.63, 3.8) is 0 Å². The molecule has 0 amide bonds. The van der Waals surface area contributed by atoms with Crippen LogP contribution in [0.2, 0.25) is 0 Å². The van der Waals surface area contributed by atoms with Gasteiger partial charge in [0.2, 0.25) is 16.0 Å². The fourth-order valence-corrected chi connectivity index (χ4v) is 7.66. The summed E-state index contributed by atoms with van der Waals surface area (Å²) < 4.78 is 40.0. The molecule has 2 aliphatic rings. The summed E-state index contributed by atoms with van der Waals surface area (Å²) in [5.41, 5.74) is 2.57. The monoisotopic (exact) mass is 600 g/mol. The fourth-order valence-electron chi connectivity index (χ4n) is 5.43. The van der Waals surface area contributed by atoms with Crippen molar-refractivity contribution in [2.45, 2.75) is 57.8 Å². The van der Waals surface area contributed by atoms with Gasteiger partial charge in [0.1, 0.15) is 16.9 Å². The Morgan fingerprint density at radius 1 is 1.07 bits per heavy atom. The number of aryl methyl sites for hydroxylation is 1. The molecule has 4 aromatic rings. The third-order valence-electron chi connectivity index (χ3n) is 7.11. The second kappa shape index (κ2) is 10.6. The molecule has 212 valence electrons. The number of hydrogen-bond donors (Lipinski definition) is 3. The van der Waals surface area contributed by atoms with Crippen molar-refractivity contribution in [3.8, 4) is 10.6 Å². The van der Waals surface area contributed by atoms with Gasteiger partial charge in [-0.25, -0.2) is 23.1 Å². The number of rotatable bonds is 9. The number of hydrogen-bond acceptors (Lipinski definition) is 11. The maximum Gasteiger partial charge on any atom is 0.225 e. The molecule has 0 unspecified atom stereocenters. The predicted molar refractivity (Wildman–Crippen MR) is 159 cm³/mol. The molecule has 40 heavy (non-hydrogen) atoms. The molecule has 1 saturated carbocycles. The first-order chi connectivity index (χ1) is 19.0. The fraction of sp³-hybridized carbons (Fsp3) is 0.444. The van der Waals surface area contributed by atoms with E-state index in [0.717, 1.165) is 26.5 Å². The van der Waals surface area contributed by atoms with Gasteiger partial charge in [-0.1, -0.05) is 18.2 Å². The third-order valence-corrected chi connectivity index (χ3v) is 9.73. The Balaban J connectivity index is 1.35. The summed E-state index contributed by atoms with van der Waals surface area (Å²) in [5, 5.41) is 9.90. The Hall–Kier alpha value is -2.68. The number of para-hydroxylation sites is 1. The van der Waals surface area contributed by atoms with Crippen molar-refractivity contribution < 1.29 is 17.9 Å². The Morgan fingerprint density at radius 2 is 1.88 bits per heavy atom. The van der Waals surface area contributed by atoms with E-state index in [1.165, 1.54) is 11.1 Å². The standard InChI is InChI=1S/C27H32N6O4S3/c1-15-21(25-32-18-9-5-6-10-20(18)39-25)24(33-26(30-15)28-14-17-8-7-11-38-17)31-19-12-16(13-29-40(4,34)35)22-23(19)37-27(2,3)36-22/h5-11,16,19,22-23,29H,12-14H2,1-4H3,(H2,28,30,31,33)/t16-,19-,22-,23+/m1/s1. The molecule has 10 nitrogen and oxygen atoms in total. The van der Waals surface area contributed by atoms with Crippen molar-refractivity contribution >= 4 is 54.7 Å². The molecule has 0 radical (unpaired) electrons. The Bertz CT molecular complexity index is 1590. The molecule has 1 saturated heterocycles. The van der Waals surface area contributed by atoms with Crippen LogP contribution in [0.4, 0.5) is 11.8 Å². The first kappa shape index (κ1) is 27.5. The smallest absolute Gasteiger partial charge is 0.225 e. The molecule has 6 rings (SSSR count). The number of nitrogens with zero attached hydrogens (tertiary/aromatic N) is 3. The minimum Gasteiger partial charge on any atom is -0.364 e. The quantitative estimate of drug-likeness (QED) is 0.252. The van der Waals surface area contributed by atoms with Crippen LogP contribution in [0.5, 0.6) is 0 Å². The second-order valence-electron chi connectivity index (χ2n) is 10.7. The van der Waals surface area contributed by atoms with E-state index >= 15 is 0 Å². The molecular formula is C27H32N6O4S3. The minimum absolute atomic E-state index is 0.0655. The summed E-state index contributed by atoms with van der Waals surface area (Å²) in [4.78, 5) is 15.8. The topological polar surface area (TPSA) is 127 Å². The number of sulfonamides is 1. The van der Waals surface area contributed by atoms with Crippen LogP contribution in [0, 0.1) is 12.8 Å². The normalized spacial score (nSPS) is 23.9. The van der Waals surface area contributed by atoms with E-state index in [1.54, 1.807) is 22.7 Å². The van der Waals surface area contributed by atoms with Crippen LogP contribution in [0.25, 0.3) is 20.8 Å². The molecule has 3 N–H and O–H groups in total. The number of fused-ring (bicyclic) bond motifs is 2. The highest BCUT2D eigenvalue weighted by atomic mass is 32.2. The van der Waals surface area contributed by atoms with Gasteiger partial charge in [0.25, 0.3) is 0 Å². The maximum absolute atomic E-state index is 11.8. The first-order valence-electron chi connectivity index (χ1n) is 13.1. The van der Waals surface area contributed by atoms with E-state index in [-0.39, 0.29) is 30.7 Å². The van der Waals surface area contributed by atoms with E-state index in [2.05, 4.69) is 27.5 Å². The van der Waals surface area contributed by atoms with Crippen molar-refractivity contribution in [2.24, 2.45) is 5.92 Å². The summed E-state index contributed by atoms with van der Waals surface area (Å²) in [6.07, 6.45) is 1.28. The largest absolute Gasteiger partial charge is 0.364 e. The number of nitrogens with one attached hydrogen (secondary N) is 3. The lowest BCUT2D eigenvalue weighted by atomic mass is 10.1. The van der Waals surface area contributed by atoms with Crippen LogP contribution in [0.3, 0.4) is 0 Å². The van der Waals surface area contributed by atoms with Gasteiger partial charge >= 0.3 is 0 Å². The van der Waals surface area contributed by atoms with E-state index in [9.17, 15) is 8.42 Å². The number of thiazole rings is 1. The van der Waals surface area contributed by atoms with Gasteiger partial charge in [0.05, 0.1) is 46.4 Å². The summed E-state index contributed by atoms with van der Waals surface area (Å²) in [7, 11) is -3.34. The van der Waals surface area contributed by atoms with E-state index in [0.29, 0.717) is 24.7 Å². The molecule has 4 atom stereocenters. The Labute approximate surface area is 241 Å². The molecule has 3 aromatic heterocycles. The average Bonchev–Trinajstić information content (AvgIpc) is 3.65. The van der Waals surface area contributed by atoms with Gasteiger partial charge in [-0.15, -0.1) is 22.7 Å². The SMILES string of the molecule is Cc1nc(NCc2cccs2)nc(N[C@@H]2C[C@H](CNS(C)(=O)=O)[C@H]3OC(C)(C)O[C@H]32)c1-c1nc2ccccc2s1. The zero-order valence-electron chi connectivity index (χ0n) is 22.7. The van der Waals surface area contributed by atoms with Crippen LogP contribution in [-0.2, 0) is 26.0 Å². The van der Waals surface area contributed by atoms with E-state index in [1.807, 2.05) is 50.4 Å². The molecule has 1 aliphatic carbocycles. The highest BCUT2D eigenvalue weighted by molar-refractivity contribution is 7.88. The summed E-state index contributed by atoms with van der Waals surface area (Å²) >= 11 is 3.28. The minimum atomic E-state index is -3.34. The van der Waals surface area contributed by atoms with Gasteiger partial charge < -0.3 is 20.1 Å². The third kappa shape index (κ3) is 5.85.